The molecular weight excluding hydrogens is 262 g/mol. The molecule has 19 heavy (non-hydrogen) atoms. The monoisotopic (exact) mass is 289 g/mol. The molecule has 0 aliphatic carbocycles. The van der Waals surface area contributed by atoms with E-state index in [2.05, 4.69) is 30.5 Å². The van der Waals surface area contributed by atoms with E-state index in [0.717, 1.165) is 38.5 Å². The topological polar surface area (TPSA) is 76.5 Å². The van der Waals surface area contributed by atoms with Gasteiger partial charge in [0, 0.05) is 24.7 Å². The molecule has 0 bridgehead atoms. The summed E-state index contributed by atoms with van der Waals surface area (Å²) in [7, 11) is -3.20. The summed E-state index contributed by atoms with van der Waals surface area (Å²) in [5, 5.41) is 0. The largest absolute Gasteiger partial charge is 0.591 e. The Hall–Kier alpha value is -0.593. The van der Waals surface area contributed by atoms with Gasteiger partial charge in [-0.25, -0.2) is 0 Å². The molecule has 6 nitrogen and oxygen atoms in total. The first-order valence-corrected chi connectivity index (χ1v) is 8.90. The molecule has 0 aromatic rings. The van der Waals surface area contributed by atoms with Gasteiger partial charge in [0.05, 0.1) is 0 Å². The fourth-order valence-corrected chi connectivity index (χ4v) is 3.04. The highest BCUT2D eigenvalue weighted by atomic mass is 28.4. The van der Waals surface area contributed by atoms with Crippen LogP contribution in [0.3, 0.4) is 0 Å². The number of hydrogen-bond donors (Lipinski definition) is 0. The van der Waals surface area contributed by atoms with Crippen LogP contribution in [0.4, 0.5) is 0 Å². The lowest BCUT2D eigenvalue weighted by Gasteiger charge is -2.25. The van der Waals surface area contributed by atoms with E-state index in [1.54, 1.807) is 0 Å². The Bertz CT molecular complexity index is 234. The lowest BCUT2D eigenvalue weighted by atomic mass is 10.4. The maximum Gasteiger partial charge on any atom is 0.591 e. The number of hydrogen-bond acceptors (Lipinski definition) is 4. The van der Waals surface area contributed by atoms with Crippen molar-refractivity contribution in [3.8, 4) is 0 Å². The first kappa shape index (κ1) is 18.4. The molecule has 112 valence electrons. The van der Waals surface area contributed by atoms with Gasteiger partial charge in [-0.1, -0.05) is 40.0 Å². The molecule has 0 saturated heterocycles. The molecule has 0 unspecified atom stereocenters. The van der Waals surface area contributed by atoms with E-state index in [1.807, 2.05) is 0 Å². The fourth-order valence-electron chi connectivity index (χ4n) is 1.30. The van der Waals surface area contributed by atoms with Crippen LogP contribution in [0.25, 0.3) is 10.4 Å². The number of azide groups is 1. The van der Waals surface area contributed by atoms with Crippen molar-refractivity contribution in [2.45, 2.75) is 59.3 Å². The third kappa shape index (κ3) is 9.02. The van der Waals surface area contributed by atoms with E-state index < -0.39 is 8.97 Å². The lowest BCUT2D eigenvalue weighted by Crippen LogP contribution is -2.44. The molecule has 0 rings (SSSR count). The summed E-state index contributed by atoms with van der Waals surface area (Å²) in [6.45, 7) is 7.78. The van der Waals surface area contributed by atoms with Gasteiger partial charge < -0.3 is 13.3 Å². The van der Waals surface area contributed by atoms with Crippen molar-refractivity contribution in [3.05, 3.63) is 10.4 Å². The van der Waals surface area contributed by atoms with Gasteiger partial charge in [0.25, 0.3) is 0 Å². The van der Waals surface area contributed by atoms with Crippen LogP contribution in [0, 0.1) is 0 Å². The van der Waals surface area contributed by atoms with Crippen molar-refractivity contribution in [2.75, 3.05) is 19.8 Å². The highest BCUT2D eigenvalue weighted by Gasteiger charge is 2.40. The number of nitrogens with zero attached hydrogens (tertiary/aromatic N) is 3. The third-order valence-corrected chi connectivity index (χ3v) is 4.56. The van der Waals surface area contributed by atoms with E-state index in [4.69, 9.17) is 18.8 Å². The molecular formula is C12H27N3O3Si. The highest BCUT2D eigenvalue weighted by Crippen LogP contribution is 2.15. The minimum atomic E-state index is -3.20. The summed E-state index contributed by atoms with van der Waals surface area (Å²) in [6, 6.07) is 0. The molecule has 0 aromatic heterocycles. The van der Waals surface area contributed by atoms with Crippen molar-refractivity contribution in [1.82, 2.24) is 0 Å². The zero-order chi connectivity index (χ0) is 14.4. The van der Waals surface area contributed by atoms with E-state index >= 15 is 0 Å². The standard InChI is InChI=1S/C12H27N3O3Si/c1-4-7-10-16-19(15-14-13,17-11-8-5-2)18-12-9-6-3/h4-12H2,1-3H3. The first-order chi connectivity index (χ1) is 9.24. The average Bonchev–Trinajstić information content (AvgIpc) is 2.40. The second-order valence-electron chi connectivity index (χ2n) is 4.32. The predicted octanol–water partition coefficient (Wildman–Crippen LogP) is 4.18. The van der Waals surface area contributed by atoms with Crippen LogP contribution in [-0.2, 0) is 13.3 Å². The van der Waals surface area contributed by atoms with Crippen molar-refractivity contribution in [2.24, 2.45) is 4.78 Å². The normalized spacial score (nSPS) is 11.3. The summed E-state index contributed by atoms with van der Waals surface area (Å²) in [5.74, 6) is 0. The molecule has 0 radical (unpaired) electrons. The Morgan fingerprint density at radius 2 is 1.21 bits per heavy atom. The quantitative estimate of drug-likeness (QED) is 0.168. The van der Waals surface area contributed by atoms with Gasteiger partial charge in [0.15, 0.2) is 0 Å². The third-order valence-electron chi connectivity index (χ3n) is 2.51. The summed E-state index contributed by atoms with van der Waals surface area (Å²) < 4.78 is 20.8. The van der Waals surface area contributed by atoms with E-state index in [0.29, 0.717) is 19.8 Å². The van der Waals surface area contributed by atoms with Crippen LogP contribution >= 0.6 is 0 Å². The predicted molar refractivity (Wildman–Crippen MR) is 77.5 cm³/mol. The summed E-state index contributed by atoms with van der Waals surface area (Å²) >= 11 is 0. The van der Waals surface area contributed by atoms with Crippen LogP contribution in [0.5, 0.6) is 0 Å². The zero-order valence-electron chi connectivity index (χ0n) is 12.4. The Labute approximate surface area is 117 Å². The molecule has 0 heterocycles. The van der Waals surface area contributed by atoms with Gasteiger partial charge in [-0.05, 0) is 29.6 Å². The maximum atomic E-state index is 8.72. The summed E-state index contributed by atoms with van der Waals surface area (Å²) in [4.78, 5) is 2.86. The van der Waals surface area contributed by atoms with Crippen molar-refractivity contribution < 1.29 is 13.3 Å². The lowest BCUT2D eigenvalue weighted by molar-refractivity contribution is 0.0572. The summed E-state index contributed by atoms with van der Waals surface area (Å²) in [6.07, 6.45) is 5.78. The van der Waals surface area contributed by atoms with Crippen LogP contribution in [0.1, 0.15) is 59.3 Å². The molecule has 0 atom stereocenters. The van der Waals surface area contributed by atoms with Crippen molar-refractivity contribution in [1.29, 1.82) is 0 Å². The molecule has 0 aromatic carbocycles. The number of unbranched alkanes of at least 4 members (excludes halogenated alkanes) is 3. The second-order valence-corrected chi connectivity index (χ2v) is 6.43. The minimum absolute atomic E-state index is 0.514. The van der Waals surface area contributed by atoms with Gasteiger partial charge in [-0.3, -0.25) is 0 Å². The Morgan fingerprint density at radius 3 is 1.47 bits per heavy atom. The zero-order valence-corrected chi connectivity index (χ0v) is 13.4. The van der Waals surface area contributed by atoms with Crippen LogP contribution in [0.15, 0.2) is 4.78 Å². The SMILES string of the molecule is CCCCO[Si](N=[N+]=[N-])(OCCCC)OCCCC. The van der Waals surface area contributed by atoms with E-state index in [-0.39, 0.29) is 0 Å². The molecule has 0 aliphatic heterocycles. The number of rotatable bonds is 13. The highest BCUT2D eigenvalue weighted by molar-refractivity contribution is 6.58. The first-order valence-electron chi connectivity index (χ1n) is 7.22. The fraction of sp³-hybridized carbons (Fsp3) is 1.00. The van der Waals surface area contributed by atoms with Gasteiger partial charge in [0.2, 0.25) is 0 Å². The molecule has 0 N–H and O–H groups in total. The Morgan fingerprint density at radius 1 is 0.842 bits per heavy atom. The van der Waals surface area contributed by atoms with Crippen LogP contribution < -0.4 is 0 Å². The molecule has 0 spiro atoms. The Balaban J connectivity index is 4.52. The van der Waals surface area contributed by atoms with Crippen molar-refractivity contribution >= 4 is 8.97 Å². The van der Waals surface area contributed by atoms with Gasteiger partial charge in [-0.2, -0.15) is 0 Å². The molecule has 0 fully saturated rings. The van der Waals surface area contributed by atoms with E-state index in [9.17, 15) is 0 Å². The molecule has 0 saturated carbocycles. The van der Waals surface area contributed by atoms with Gasteiger partial charge in [0.1, 0.15) is 0 Å². The molecule has 0 amide bonds. The maximum absolute atomic E-state index is 8.72. The van der Waals surface area contributed by atoms with Gasteiger partial charge >= 0.3 is 8.97 Å². The van der Waals surface area contributed by atoms with Crippen LogP contribution in [-0.4, -0.2) is 28.8 Å². The van der Waals surface area contributed by atoms with E-state index in [1.165, 1.54) is 0 Å². The van der Waals surface area contributed by atoms with Gasteiger partial charge in [-0.15, -0.1) is 0 Å². The van der Waals surface area contributed by atoms with Crippen molar-refractivity contribution in [3.63, 3.8) is 0 Å². The molecule has 0 aliphatic rings. The smallest absolute Gasteiger partial charge is 0.371 e. The van der Waals surface area contributed by atoms with Crippen LogP contribution in [0.2, 0.25) is 0 Å². The molecule has 7 heteroatoms. The average molecular weight is 289 g/mol. The minimum Gasteiger partial charge on any atom is -0.371 e. The second kappa shape index (κ2) is 12.4. The summed E-state index contributed by atoms with van der Waals surface area (Å²) in [5.41, 5.74) is 8.72. The Kier molecular flexibility index (Phi) is 12.1.